The topological polar surface area (TPSA) is 54.9 Å². The highest BCUT2D eigenvalue weighted by atomic mass is 79.9. The molecule has 4 nitrogen and oxygen atoms in total. The molecule has 106 valence electrons. The van der Waals surface area contributed by atoms with Crippen LogP contribution in [0.2, 0.25) is 0 Å². The largest absolute Gasteiger partial charge is 0.345 e. The van der Waals surface area contributed by atoms with Crippen molar-refractivity contribution in [3.63, 3.8) is 0 Å². The Morgan fingerprint density at radius 1 is 1.35 bits per heavy atom. The molecule has 1 aromatic carbocycles. The third-order valence-corrected chi connectivity index (χ3v) is 4.20. The summed E-state index contributed by atoms with van der Waals surface area (Å²) in [5.41, 5.74) is 1.81. The highest BCUT2D eigenvalue weighted by Gasteiger charge is 2.20. The minimum atomic E-state index is -0.115. The normalized spacial score (nSPS) is 12.4. The number of hydrogen-bond acceptors (Lipinski definition) is 4. The van der Waals surface area contributed by atoms with Gasteiger partial charge in [0.15, 0.2) is 0 Å². The first-order chi connectivity index (χ1) is 9.49. The van der Waals surface area contributed by atoms with Gasteiger partial charge in [0.1, 0.15) is 4.88 Å². The van der Waals surface area contributed by atoms with E-state index in [1.807, 2.05) is 45.0 Å². The minimum absolute atomic E-state index is 0.0675. The van der Waals surface area contributed by atoms with Crippen LogP contribution in [0.3, 0.4) is 0 Å². The van der Waals surface area contributed by atoms with Crippen LogP contribution in [0.4, 0.5) is 0 Å². The van der Waals surface area contributed by atoms with Crippen LogP contribution in [0.1, 0.15) is 53.7 Å². The van der Waals surface area contributed by atoms with Gasteiger partial charge in [-0.05, 0) is 42.1 Å². The number of amides is 1. The average Bonchev–Trinajstić information content (AvgIpc) is 2.88. The lowest BCUT2D eigenvalue weighted by atomic mass is 10.1. The van der Waals surface area contributed by atoms with Gasteiger partial charge < -0.3 is 5.32 Å². The van der Waals surface area contributed by atoms with E-state index in [0.29, 0.717) is 4.88 Å². The number of hydrogen-bond donors (Lipinski definition) is 1. The molecule has 1 amide bonds. The van der Waals surface area contributed by atoms with Crippen LogP contribution in [0.25, 0.3) is 0 Å². The fourth-order valence-electron chi connectivity index (χ4n) is 1.85. The molecule has 0 fully saturated rings. The SMILES string of the molecule is CC(C)c1nnsc1C(=O)NC(C)c1cccc(Br)c1. The second-order valence-corrected chi connectivity index (χ2v) is 6.56. The predicted molar refractivity (Wildman–Crippen MR) is 84.0 cm³/mol. The van der Waals surface area contributed by atoms with E-state index >= 15 is 0 Å². The zero-order chi connectivity index (χ0) is 14.7. The molecule has 1 unspecified atom stereocenters. The van der Waals surface area contributed by atoms with Crippen LogP contribution in [-0.2, 0) is 0 Å². The molecule has 1 N–H and O–H groups in total. The lowest BCUT2D eigenvalue weighted by Crippen LogP contribution is -2.26. The summed E-state index contributed by atoms with van der Waals surface area (Å²) in [6.07, 6.45) is 0. The number of nitrogens with zero attached hydrogens (tertiary/aromatic N) is 2. The molecule has 0 bridgehead atoms. The molecule has 20 heavy (non-hydrogen) atoms. The molecule has 0 radical (unpaired) electrons. The zero-order valence-corrected chi connectivity index (χ0v) is 14.0. The van der Waals surface area contributed by atoms with Crippen molar-refractivity contribution in [3.8, 4) is 0 Å². The Kier molecular flexibility index (Phi) is 4.88. The summed E-state index contributed by atoms with van der Waals surface area (Å²) in [5, 5.41) is 7.02. The number of carbonyl (C=O) groups excluding carboxylic acids is 1. The first kappa shape index (κ1) is 15.1. The van der Waals surface area contributed by atoms with Crippen molar-refractivity contribution in [2.24, 2.45) is 0 Å². The van der Waals surface area contributed by atoms with Gasteiger partial charge in [-0.3, -0.25) is 4.79 Å². The summed E-state index contributed by atoms with van der Waals surface area (Å²) in [6, 6.07) is 7.84. The van der Waals surface area contributed by atoms with Crippen molar-refractivity contribution in [1.82, 2.24) is 14.9 Å². The Hall–Kier alpha value is -1.27. The third-order valence-electron chi connectivity index (χ3n) is 2.96. The van der Waals surface area contributed by atoms with E-state index in [9.17, 15) is 4.79 Å². The molecule has 0 aliphatic carbocycles. The van der Waals surface area contributed by atoms with E-state index < -0.39 is 0 Å². The van der Waals surface area contributed by atoms with Gasteiger partial charge in [0.05, 0.1) is 11.7 Å². The number of rotatable bonds is 4. The lowest BCUT2D eigenvalue weighted by Gasteiger charge is -2.14. The van der Waals surface area contributed by atoms with Gasteiger partial charge in [0, 0.05) is 4.47 Å². The number of aromatic nitrogens is 2. The summed E-state index contributed by atoms with van der Waals surface area (Å²) in [5.74, 6) is 0.0758. The Morgan fingerprint density at radius 2 is 2.10 bits per heavy atom. The smallest absolute Gasteiger partial charge is 0.265 e. The molecule has 0 saturated carbocycles. The minimum Gasteiger partial charge on any atom is -0.345 e. The number of benzene rings is 1. The highest BCUT2D eigenvalue weighted by molar-refractivity contribution is 9.10. The van der Waals surface area contributed by atoms with Gasteiger partial charge in [0.25, 0.3) is 5.91 Å². The average molecular weight is 354 g/mol. The molecule has 1 atom stereocenters. The van der Waals surface area contributed by atoms with E-state index in [1.54, 1.807) is 0 Å². The van der Waals surface area contributed by atoms with Gasteiger partial charge in [-0.15, -0.1) is 5.10 Å². The molecule has 0 aliphatic rings. The molecule has 1 aromatic heterocycles. The Labute approximate surface area is 130 Å². The van der Waals surface area contributed by atoms with E-state index in [4.69, 9.17) is 0 Å². The number of carbonyl (C=O) groups is 1. The maximum atomic E-state index is 12.3. The molecule has 2 rings (SSSR count). The molecule has 1 heterocycles. The van der Waals surface area contributed by atoms with Gasteiger partial charge in [-0.1, -0.05) is 46.4 Å². The molecule has 0 aliphatic heterocycles. The first-order valence-electron chi connectivity index (χ1n) is 6.37. The van der Waals surface area contributed by atoms with Crippen LogP contribution in [0.15, 0.2) is 28.7 Å². The zero-order valence-electron chi connectivity index (χ0n) is 11.6. The monoisotopic (exact) mass is 353 g/mol. The summed E-state index contributed by atoms with van der Waals surface area (Å²) < 4.78 is 4.88. The summed E-state index contributed by atoms with van der Waals surface area (Å²) in [6.45, 7) is 5.97. The van der Waals surface area contributed by atoms with Crippen molar-refractivity contribution in [3.05, 3.63) is 44.9 Å². The second-order valence-electron chi connectivity index (χ2n) is 4.89. The maximum absolute atomic E-state index is 12.3. The Morgan fingerprint density at radius 3 is 2.75 bits per heavy atom. The summed E-state index contributed by atoms with van der Waals surface area (Å²) in [7, 11) is 0. The summed E-state index contributed by atoms with van der Waals surface area (Å²) >= 11 is 4.58. The Balaban J connectivity index is 2.13. The van der Waals surface area contributed by atoms with Crippen LogP contribution in [0.5, 0.6) is 0 Å². The van der Waals surface area contributed by atoms with Crippen molar-refractivity contribution >= 4 is 33.4 Å². The van der Waals surface area contributed by atoms with E-state index in [-0.39, 0.29) is 17.9 Å². The van der Waals surface area contributed by atoms with Crippen LogP contribution in [-0.4, -0.2) is 15.5 Å². The second kappa shape index (κ2) is 6.45. The van der Waals surface area contributed by atoms with E-state index in [1.165, 1.54) is 0 Å². The summed E-state index contributed by atoms with van der Waals surface area (Å²) in [4.78, 5) is 12.9. The van der Waals surface area contributed by atoms with Crippen LogP contribution < -0.4 is 5.32 Å². The van der Waals surface area contributed by atoms with Gasteiger partial charge in [-0.2, -0.15) is 0 Å². The van der Waals surface area contributed by atoms with Crippen molar-refractivity contribution < 1.29 is 4.79 Å². The van der Waals surface area contributed by atoms with E-state index in [0.717, 1.165) is 27.3 Å². The van der Waals surface area contributed by atoms with Crippen molar-refractivity contribution in [1.29, 1.82) is 0 Å². The van der Waals surface area contributed by atoms with Gasteiger partial charge in [0.2, 0.25) is 0 Å². The fourth-order valence-corrected chi connectivity index (χ4v) is 2.99. The van der Waals surface area contributed by atoms with Crippen LogP contribution >= 0.6 is 27.5 Å². The number of halogens is 1. The van der Waals surface area contributed by atoms with E-state index in [2.05, 4.69) is 30.8 Å². The number of nitrogens with one attached hydrogen (secondary N) is 1. The van der Waals surface area contributed by atoms with Crippen LogP contribution in [0, 0.1) is 0 Å². The highest BCUT2D eigenvalue weighted by Crippen LogP contribution is 2.22. The molecule has 0 saturated heterocycles. The third kappa shape index (κ3) is 3.43. The molecule has 6 heteroatoms. The Bertz CT molecular complexity index is 612. The van der Waals surface area contributed by atoms with Gasteiger partial charge >= 0.3 is 0 Å². The van der Waals surface area contributed by atoms with Crippen molar-refractivity contribution in [2.45, 2.75) is 32.7 Å². The molecule has 2 aromatic rings. The predicted octanol–water partition coefficient (Wildman–Crippen LogP) is 3.92. The molecule has 0 spiro atoms. The fraction of sp³-hybridized carbons (Fsp3) is 0.357. The quantitative estimate of drug-likeness (QED) is 0.906. The first-order valence-corrected chi connectivity index (χ1v) is 7.94. The maximum Gasteiger partial charge on any atom is 0.265 e. The lowest BCUT2D eigenvalue weighted by molar-refractivity contribution is 0.0942. The van der Waals surface area contributed by atoms with Gasteiger partial charge in [-0.25, -0.2) is 0 Å². The van der Waals surface area contributed by atoms with Crippen molar-refractivity contribution in [2.75, 3.05) is 0 Å². The standard InChI is InChI=1S/C14H16BrN3OS/c1-8(2)12-13(20-18-17-12)14(19)16-9(3)10-5-4-6-11(15)7-10/h4-9H,1-3H3,(H,16,19). The molecular weight excluding hydrogens is 338 g/mol. The molecular formula is C14H16BrN3OS.